The standard InChI is InChI=1S/C14H15NO4.C8H18/c1-18-13-12(8-19-14(13)17)10(7-16)6-9-2-4-11(15)5-3-9;1-3-5-7-8-6-4-2/h2-7,12-13H,8,15H2,1H3;3-8H2,1-2H3/b10-6+;/t12-,13?;/m0./s1. The zero-order chi connectivity index (χ0) is 20.1. The minimum Gasteiger partial charge on any atom is -0.463 e. The van der Waals surface area contributed by atoms with Crippen molar-refractivity contribution in [3.63, 3.8) is 0 Å². The molecule has 1 aromatic rings. The van der Waals surface area contributed by atoms with Crippen LogP contribution in [0.4, 0.5) is 5.69 Å². The molecule has 27 heavy (non-hydrogen) atoms. The molecular weight excluding hydrogens is 342 g/mol. The van der Waals surface area contributed by atoms with Crippen molar-refractivity contribution in [1.82, 2.24) is 0 Å². The lowest BCUT2D eigenvalue weighted by molar-refractivity contribution is -0.146. The van der Waals surface area contributed by atoms with Crippen molar-refractivity contribution in [2.45, 2.75) is 58.5 Å². The largest absolute Gasteiger partial charge is 0.463 e. The molecule has 2 atom stereocenters. The van der Waals surface area contributed by atoms with Crippen LogP contribution < -0.4 is 5.73 Å². The van der Waals surface area contributed by atoms with E-state index >= 15 is 0 Å². The average Bonchev–Trinajstić information content (AvgIpc) is 3.06. The molecule has 0 amide bonds. The van der Waals surface area contributed by atoms with Crippen molar-refractivity contribution in [1.29, 1.82) is 0 Å². The van der Waals surface area contributed by atoms with Gasteiger partial charge in [-0.05, 0) is 23.8 Å². The van der Waals surface area contributed by atoms with E-state index in [0.717, 1.165) is 11.8 Å². The molecule has 1 saturated heterocycles. The second-order valence-electron chi connectivity index (χ2n) is 6.74. The SMILES string of the molecule is CCCCCCCC.COC1C(=O)OC[C@H]1/C(C=O)=C/c1ccc(N)cc1. The molecule has 2 rings (SSSR count). The summed E-state index contributed by atoms with van der Waals surface area (Å²) in [7, 11) is 1.43. The number of benzene rings is 1. The lowest BCUT2D eigenvalue weighted by Crippen LogP contribution is -2.26. The molecule has 2 N–H and O–H groups in total. The summed E-state index contributed by atoms with van der Waals surface area (Å²) in [5.41, 5.74) is 7.56. The van der Waals surface area contributed by atoms with Crippen molar-refractivity contribution in [3.05, 3.63) is 35.4 Å². The molecule has 0 aliphatic carbocycles. The third kappa shape index (κ3) is 7.95. The Labute approximate surface area is 162 Å². The van der Waals surface area contributed by atoms with Gasteiger partial charge >= 0.3 is 5.97 Å². The van der Waals surface area contributed by atoms with Crippen LogP contribution >= 0.6 is 0 Å². The number of nitrogens with two attached hydrogens (primary N) is 1. The molecule has 0 aromatic heterocycles. The Balaban J connectivity index is 0.000000387. The summed E-state index contributed by atoms with van der Waals surface area (Å²) in [6.45, 7) is 4.68. The van der Waals surface area contributed by atoms with Crippen molar-refractivity contribution in [2.75, 3.05) is 19.5 Å². The number of anilines is 1. The first-order valence-electron chi connectivity index (χ1n) is 9.79. The third-order valence-electron chi connectivity index (χ3n) is 4.55. The maximum absolute atomic E-state index is 11.4. The van der Waals surface area contributed by atoms with E-state index in [2.05, 4.69) is 13.8 Å². The molecule has 1 aromatic carbocycles. The molecule has 150 valence electrons. The van der Waals surface area contributed by atoms with E-state index in [9.17, 15) is 9.59 Å². The summed E-state index contributed by atoms with van der Waals surface area (Å²) in [5, 5.41) is 0. The molecule has 1 heterocycles. The van der Waals surface area contributed by atoms with Crippen LogP contribution in [0.3, 0.4) is 0 Å². The minimum atomic E-state index is -0.717. The summed E-state index contributed by atoms with van der Waals surface area (Å²) in [6.07, 6.45) is 10.2. The topological polar surface area (TPSA) is 78.6 Å². The van der Waals surface area contributed by atoms with Gasteiger partial charge in [0.2, 0.25) is 0 Å². The van der Waals surface area contributed by atoms with Gasteiger partial charge in [-0.3, -0.25) is 4.79 Å². The number of esters is 1. The predicted molar refractivity (Wildman–Crippen MR) is 109 cm³/mol. The van der Waals surface area contributed by atoms with E-state index in [0.29, 0.717) is 11.3 Å². The molecule has 0 radical (unpaired) electrons. The van der Waals surface area contributed by atoms with Crippen LogP contribution in [0.1, 0.15) is 57.9 Å². The van der Waals surface area contributed by atoms with Crippen LogP contribution in [-0.2, 0) is 19.1 Å². The molecule has 0 spiro atoms. The van der Waals surface area contributed by atoms with E-state index < -0.39 is 12.1 Å². The number of hydrogen-bond acceptors (Lipinski definition) is 5. The van der Waals surface area contributed by atoms with Crippen LogP contribution in [0.2, 0.25) is 0 Å². The Bertz CT molecular complexity index is 589. The van der Waals surface area contributed by atoms with Crippen LogP contribution in [0.5, 0.6) is 0 Å². The number of nitrogen functional groups attached to an aromatic ring is 1. The fourth-order valence-electron chi connectivity index (χ4n) is 2.90. The van der Waals surface area contributed by atoms with Crippen LogP contribution in [0, 0.1) is 5.92 Å². The van der Waals surface area contributed by atoms with E-state index in [4.69, 9.17) is 15.2 Å². The fourth-order valence-corrected chi connectivity index (χ4v) is 2.90. The van der Waals surface area contributed by atoms with Gasteiger partial charge < -0.3 is 15.2 Å². The zero-order valence-electron chi connectivity index (χ0n) is 16.8. The summed E-state index contributed by atoms with van der Waals surface area (Å²) in [6, 6.07) is 7.10. The Morgan fingerprint density at radius 2 is 1.74 bits per heavy atom. The minimum absolute atomic E-state index is 0.164. The molecular formula is C22H33NO4. The van der Waals surface area contributed by atoms with Crippen molar-refractivity contribution in [2.24, 2.45) is 5.92 Å². The van der Waals surface area contributed by atoms with Gasteiger partial charge in [0.25, 0.3) is 0 Å². The van der Waals surface area contributed by atoms with Crippen LogP contribution in [0.15, 0.2) is 29.8 Å². The highest BCUT2D eigenvalue weighted by atomic mass is 16.6. The van der Waals surface area contributed by atoms with Gasteiger partial charge in [0.15, 0.2) is 6.10 Å². The fraction of sp³-hybridized carbons (Fsp3) is 0.545. The number of carbonyl (C=O) groups is 2. The molecule has 5 heteroatoms. The first-order valence-corrected chi connectivity index (χ1v) is 9.79. The van der Waals surface area contributed by atoms with Gasteiger partial charge in [0.05, 0.1) is 5.92 Å². The van der Waals surface area contributed by atoms with Gasteiger partial charge in [-0.1, -0.05) is 64.5 Å². The molecule has 1 unspecified atom stereocenters. The van der Waals surface area contributed by atoms with Gasteiger partial charge in [-0.2, -0.15) is 0 Å². The Kier molecular flexibility index (Phi) is 11.1. The van der Waals surface area contributed by atoms with Crippen molar-refractivity contribution in [3.8, 4) is 0 Å². The predicted octanol–water partition coefficient (Wildman–Crippen LogP) is 4.41. The number of carbonyl (C=O) groups excluding carboxylic acids is 2. The first kappa shape index (κ1) is 22.9. The Morgan fingerprint density at radius 1 is 1.15 bits per heavy atom. The highest BCUT2D eigenvalue weighted by Gasteiger charge is 2.39. The average molecular weight is 376 g/mol. The second-order valence-corrected chi connectivity index (χ2v) is 6.74. The summed E-state index contributed by atoms with van der Waals surface area (Å²) in [5.74, 6) is -0.801. The number of cyclic esters (lactones) is 1. The van der Waals surface area contributed by atoms with Gasteiger partial charge in [-0.25, -0.2) is 4.79 Å². The Hall–Kier alpha value is -2.14. The van der Waals surface area contributed by atoms with E-state index in [1.807, 2.05) is 0 Å². The van der Waals surface area contributed by atoms with Crippen LogP contribution in [0.25, 0.3) is 6.08 Å². The number of unbranched alkanes of at least 4 members (excludes halogenated alkanes) is 5. The molecule has 1 aliphatic heterocycles. The Morgan fingerprint density at radius 3 is 2.22 bits per heavy atom. The summed E-state index contributed by atoms with van der Waals surface area (Å²) < 4.78 is 10.0. The number of ether oxygens (including phenoxy) is 2. The van der Waals surface area contributed by atoms with Gasteiger partial charge in [0.1, 0.15) is 12.9 Å². The van der Waals surface area contributed by atoms with Gasteiger partial charge in [0, 0.05) is 18.4 Å². The van der Waals surface area contributed by atoms with E-state index in [-0.39, 0.29) is 12.5 Å². The molecule has 0 saturated carbocycles. The maximum Gasteiger partial charge on any atom is 0.336 e. The van der Waals surface area contributed by atoms with Gasteiger partial charge in [-0.15, -0.1) is 0 Å². The lowest BCUT2D eigenvalue weighted by Gasteiger charge is -2.13. The molecule has 1 fully saturated rings. The summed E-state index contributed by atoms with van der Waals surface area (Å²) >= 11 is 0. The number of methoxy groups -OCH3 is 1. The second kappa shape index (κ2) is 13.1. The maximum atomic E-state index is 11.4. The highest BCUT2D eigenvalue weighted by molar-refractivity contribution is 5.87. The van der Waals surface area contributed by atoms with E-state index in [1.165, 1.54) is 45.6 Å². The summed E-state index contributed by atoms with van der Waals surface area (Å²) in [4.78, 5) is 22.6. The number of aldehydes is 1. The molecule has 5 nitrogen and oxygen atoms in total. The monoisotopic (exact) mass is 375 g/mol. The number of rotatable bonds is 9. The zero-order valence-corrected chi connectivity index (χ0v) is 16.8. The first-order chi connectivity index (χ1) is 13.1. The highest BCUT2D eigenvalue weighted by Crippen LogP contribution is 2.26. The molecule has 1 aliphatic rings. The normalized spacial score (nSPS) is 19.2. The van der Waals surface area contributed by atoms with Crippen molar-refractivity contribution < 1.29 is 19.1 Å². The van der Waals surface area contributed by atoms with Crippen molar-refractivity contribution >= 4 is 24.0 Å². The quantitative estimate of drug-likeness (QED) is 0.227. The third-order valence-corrected chi connectivity index (χ3v) is 4.55. The lowest BCUT2D eigenvalue weighted by atomic mass is 9.94. The smallest absolute Gasteiger partial charge is 0.336 e. The van der Waals surface area contributed by atoms with E-state index in [1.54, 1.807) is 30.3 Å². The molecule has 0 bridgehead atoms. The number of hydrogen-bond donors (Lipinski definition) is 1. The van der Waals surface area contributed by atoms with Crippen LogP contribution in [-0.4, -0.2) is 32.1 Å².